The Morgan fingerprint density at radius 3 is 2.83 bits per heavy atom. The number of hydrogen-bond acceptors (Lipinski definition) is 4. The lowest BCUT2D eigenvalue weighted by Gasteiger charge is -2.19. The first-order chi connectivity index (χ1) is 11.0. The number of benzene rings is 1. The molecule has 0 saturated carbocycles. The number of nitrogens with one attached hydrogen (secondary N) is 1. The van der Waals surface area contributed by atoms with Gasteiger partial charge in [-0.05, 0) is 37.3 Å². The Kier molecular flexibility index (Phi) is 4.12. The van der Waals surface area contributed by atoms with Crippen molar-refractivity contribution in [2.45, 2.75) is 12.5 Å². The average Bonchev–Trinajstić information content (AvgIpc) is 3.11. The molecule has 7 heteroatoms. The number of urea groups is 1. The predicted molar refractivity (Wildman–Crippen MR) is 85.9 cm³/mol. The maximum atomic E-state index is 12.6. The van der Waals surface area contributed by atoms with Crippen LogP contribution in [-0.4, -0.2) is 30.0 Å². The van der Waals surface area contributed by atoms with E-state index < -0.39 is 11.6 Å². The van der Waals surface area contributed by atoms with Crippen LogP contribution in [0.25, 0.3) is 0 Å². The summed E-state index contributed by atoms with van der Waals surface area (Å²) in [4.78, 5) is 25.8. The van der Waals surface area contributed by atoms with E-state index in [1.165, 1.54) is 6.26 Å². The smallest absolute Gasteiger partial charge is 0.325 e. The highest BCUT2D eigenvalue weighted by Gasteiger charge is 2.50. The van der Waals surface area contributed by atoms with Gasteiger partial charge in [0, 0.05) is 4.47 Å². The van der Waals surface area contributed by atoms with Gasteiger partial charge in [0.15, 0.2) is 5.54 Å². The second-order valence-corrected chi connectivity index (χ2v) is 6.21. The molecule has 3 rings (SSSR count). The molecule has 6 nitrogen and oxygen atoms in total. The number of hydrogen-bond donors (Lipinski definition) is 1. The molecule has 1 aliphatic heterocycles. The lowest BCUT2D eigenvalue weighted by Crippen LogP contribution is -2.41. The molecule has 0 bridgehead atoms. The first kappa shape index (κ1) is 15.6. The largest absolute Gasteiger partial charge is 0.492 e. The normalized spacial score (nSPS) is 20.7. The van der Waals surface area contributed by atoms with E-state index in [2.05, 4.69) is 21.2 Å². The highest BCUT2D eigenvalue weighted by molar-refractivity contribution is 9.10. The van der Waals surface area contributed by atoms with Gasteiger partial charge < -0.3 is 14.5 Å². The number of ether oxygens (including phenoxy) is 1. The minimum atomic E-state index is -1.17. The molecular formula is C16H15BrN2O4. The maximum Gasteiger partial charge on any atom is 0.325 e. The highest BCUT2D eigenvalue weighted by Crippen LogP contribution is 2.29. The highest BCUT2D eigenvalue weighted by atomic mass is 79.9. The molecule has 23 heavy (non-hydrogen) atoms. The van der Waals surface area contributed by atoms with Crippen molar-refractivity contribution in [3.8, 4) is 5.75 Å². The molecular weight excluding hydrogens is 364 g/mol. The van der Waals surface area contributed by atoms with E-state index in [4.69, 9.17) is 9.15 Å². The zero-order valence-electron chi connectivity index (χ0n) is 12.4. The van der Waals surface area contributed by atoms with Gasteiger partial charge in [0.25, 0.3) is 5.91 Å². The number of amides is 3. The molecule has 1 aliphatic rings. The van der Waals surface area contributed by atoms with Crippen molar-refractivity contribution in [1.82, 2.24) is 10.2 Å². The number of halogens is 1. The molecule has 1 aromatic carbocycles. The van der Waals surface area contributed by atoms with Crippen molar-refractivity contribution in [2.75, 3.05) is 13.2 Å². The predicted octanol–water partition coefficient (Wildman–Crippen LogP) is 2.89. The summed E-state index contributed by atoms with van der Waals surface area (Å²) in [6.45, 7) is 2.00. The zero-order chi connectivity index (χ0) is 16.4. The Morgan fingerprint density at radius 2 is 2.13 bits per heavy atom. The van der Waals surface area contributed by atoms with E-state index >= 15 is 0 Å². The number of carbonyl (C=O) groups excluding carboxylic acids is 2. The first-order valence-electron chi connectivity index (χ1n) is 7.07. The number of nitrogens with zero attached hydrogens (tertiary/aromatic N) is 1. The minimum Gasteiger partial charge on any atom is -0.492 e. The molecule has 0 spiro atoms. The van der Waals surface area contributed by atoms with Gasteiger partial charge >= 0.3 is 6.03 Å². The molecule has 0 radical (unpaired) electrons. The van der Waals surface area contributed by atoms with Crippen molar-refractivity contribution < 1.29 is 18.7 Å². The molecule has 120 valence electrons. The summed E-state index contributed by atoms with van der Waals surface area (Å²) in [6, 6.07) is 10.3. The quantitative estimate of drug-likeness (QED) is 0.811. The number of imide groups is 1. The summed E-state index contributed by atoms with van der Waals surface area (Å²) >= 11 is 3.36. The molecule has 2 aromatic rings. The van der Waals surface area contributed by atoms with Crippen LogP contribution >= 0.6 is 15.9 Å². The Morgan fingerprint density at radius 1 is 1.30 bits per heavy atom. The molecule has 1 fully saturated rings. The third-order valence-corrected chi connectivity index (χ3v) is 4.16. The number of carbonyl (C=O) groups is 2. The Labute approximate surface area is 141 Å². The molecule has 1 atom stereocenters. The zero-order valence-corrected chi connectivity index (χ0v) is 14.0. The van der Waals surface area contributed by atoms with Crippen molar-refractivity contribution >= 4 is 27.9 Å². The van der Waals surface area contributed by atoms with Gasteiger partial charge in [0.05, 0.1) is 12.8 Å². The fourth-order valence-electron chi connectivity index (χ4n) is 2.44. The lowest BCUT2D eigenvalue weighted by atomic mass is 9.99. The molecule has 1 unspecified atom stereocenters. The summed E-state index contributed by atoms with van der Waals surface area (Å²) in [5.74, 6) is 0.724. The van der Waals surface area contributed by atoms with Crippen molar-refractivity contribution in [3.05, 3.63) is 52.9 Å². The third-order valence-electron chi connectivity index (χ3n) is 3.67. The van der Waals surface area contributed by atoms with Gasteiger partial charge in [-0.15, -0.1) is 0 Å². The monoisotopic (exact) mass is 378 g/mol. The van der Waals surface area contributed by atoms with Crippen molar-refractivity contribution in [2.24, 2.45) is 0 Å². The van der Waals surface area contributed by atoms with Crippen LogP contribution in [0.15, 0.2) is 51.6 Å². The summed E-state index contributed by atoms with van der Waals surface area (Å²) < 4.78 is 11.8. The van der Waals surface area contributed by atoms with Gasteiger partial charge in [0.2, 0.25) is 0 Å². The molecule has 0 aliphatic carbocycles. The lowest BCUT2D eigenvalue weighted by molar-refractivity contribution is -0.131. The fourth-order valence-corrected chi connectivity index (χ4v) is 2.82. The summed E-state index contributed by atoms with van der Waals surface area (Å²) in [6.07, 6.45) is 1.47. The third kappa shape index (κ3) is 2.96. The SMILES string of the molecule is CC1(c2ccco2)NC(=O)N(CCOc2cccc(Br)c2)C1=O. The Bertz CT molecular complexity index is 731. The van der Waals surface area contributed by atoms with Gasteiger partial charge in [-0.1, -0.05) is 22.0 Å². The first-order valence-corrected chi connectivity index (χ1v) is 7.86. The van der Waals surface area contributed by atoms with E-state index in [-0.39, 0.29) is 19.1 Å². The van der Waals surface area contributed by atoms with E-state index in [0.717, 1.165) is 9.37 Å². The molecule has 1 saturated heterocycles. The van der Waals surface area contributed by atoms with E-state index in [9.17, 15) is 9.59 Å². The van der Waals surface area contributed by atoms with Crippen LogP contribution < -0.4 is 10.1 Å². The van der Waals surface area contributed by atoms with Crippen LogP contribution in [0.2, 0.25) is 0 Å². The second kappa shape index (κ2) is 6.08. The molecule has 2 heterocycles. The molecule has 3 amide bonds. The second-order valence-electron chi connectivity index (χ2n) is 5.30. The van der Waals surface area contributed by atoms with Crippen LogP contribution in [0.5, 0.6) is 5.75 Å². The number of furan rings is 1. The van der Waals surface area contributed by atoms with E-state index in [1.54, 1.807) is 19.1 Å². The van der Waals surface area contributed by atoms with Gasteiger partial charge in [-0.25, -0.2) is 4.79 Å². The van der Waals surface area contributed by atoms with Crippen LogP contribution in [0, 0.1) is 0 Å². The fraction of sp³-hybridized carbons (Fsp3) is 0.250. The van der Waals surface area contributed by atoms with Crippen LogP contribution in [-0.2, 0) is 10.3 Å². The average molecular weight is 379 g/mol. The Balaban J connectivity index is 1.65. The summed E-state index contributed by atoms with van der Waals surface area (Å²) in [5.41, 5.74) is -1.17. The van der Waals surface area contributed by atoms with Gasteiger partial charge in [-0.3, -0.25) is 9.69 Å². The summed E-state index contributed by atoms with van der Waals surface area (Å²) in [7, 11) is 0. The Hall–Kier alpha value is -2.28. The molecule has 1 N–H and O–H groups in total. The van der Waals surface area contributed by atoms with Crippen molar-refractivity contribution in [1.29, 1.82) is 0 Å². The molecule has 1 aromatic heterocycles. The van der Waals surface area contributed by atoms with Crippen LogP contribution in [0.1, 0.15) is 12.7 Å². The van der Waals surface area contributed by atoms with E-state index in [1.807, 2.05) is 24.3 Å². The minimum absolute atomic E-state index is 0.160. The summed E-state index contributed by atoms with van der Waals surface area (Å²) in [5, 5.41) is 2.67. The van der Waals surface area contributed by atoms with Gasteiger partial charge in [0.1, 0.15) is 18.1 Å². The number of rotatable bonds is 5. The van der Waals surface area contributed by atoms with E-state index in [0.29, 0.717) is 11.5 Å². The van der Waals surface area contributed by atoms with Gasteiger partial charge in [-0.2, -0.15) is 0 Å². The van der Waals surface area contributed by atoms with Crippen molar-refractivity contribution in [3.63, 3.8) is 0 Å². The maximum absolute atomic E-state index is 12.6. The topological polar surface area (TPSA) is 71.8 Å². The van der Waals surface area contributed by atoms with Crippen LogP contribution in [0.4, 0.5) is 4.79 Å². The standard InChI is InChI=1S/C16H15BrN2O4/c1-16(13-6-3-8-23-13)14(20)19(15(21)18-16)7-9-22-12-5-2-4-11(17)10-12/h2-6,8,10H,7,9H2,1H3,(H,18,21). The van der Waals surface area contributed by atoms with Crippen LogP contribution in [0.3, 0.4) is 0 Å².